The monoisotopic (exact) mass is 387 g/mol. The van der Waals surface area contributed by atoms with Gasteiger partial charge in [0.1, 0.15) is 10.7 Å². The molecule has 3 aromatic rings. The minimum absolute atomic E-state index is 0.201. The number of carbonyl (C=O) groups is 1. The molecule has 1 atom stereocenters. The number of thiophene rings is 1. The van der Waals surface area contributed by atoms with Crippen LogP contribution < -0.4 is 5.32 Å². The topological polar surface area (TPSA) is 81.4 Å². The van der Waals surface area contributed by atoms with Crippen LogP contribution in [0.15, 0.2) is 0 Å². The fourth-order valence-corrected chi connectivity index (χ4v) is 5.16. The standard InChI is InChI=1S/C19H25N5O2S/c1-4-26-10-6-9-20-18(25)16-22-17-15-14-11(2)7-5-8-13(14)27-19(15)21-12(3)24(17)23-16/h11H,4-10H2,1-3H3,(H,20,25)/t11-/m0/s1. The van der Waals surface area contributed by atoms with Crippen molar-refractivity contribution in [3.63, 3.8) is 0 Å². The molecule has 0 spiro atoms. The number of aromatic nitrogens is 4. The van der Waals surface area contributed by atoms with E-state index in [9.17, 15) is 4.79 Å². The van der Waals surface area contributed by atoms with E-state index in [-0.39, 0.29) is 11.7 Å². The minimum atomic E-state index is -0.250. The number of carbonyl (C=O) groups excluding carboxylic acids is 1. The Morgan fingerprint density at radius 1 is 1.41 bits per heavy atom. The molecule has 1 aliphatic carbocycles. The lowest BCUT2D eigenvalue weighted by molar-refractivity contribution is 0.0934. The maximum Gasteiger partial charge on any atom is 0.290 e. The van der Waals surface area contributed by atoms with Crippen LogP contribution >= 0.6 is 11.3 Å². The van der Waals surface area contributed by atoms with Crippen LogP contribution in [0.4, 0.5) is 0 Å². The van der Waals surface area contributed by atoms with E-state index < -0.39 is 0 Å². The number of aryl methyl sites for hydroxylation is 2. The Morgan fingerprint density at radius 3 is 3.07 bits per heavy atom. The first-order chi connectivity index (χ1) is 13.1. The highest BCUT2D eigenvalue weighted by Crippen LogP contribution is 2.42. The predicted molar refractivity (Wildman–Crippen MR) is 106 cm³/mol. The van der Waals surface area contributed by atoms with E-state index in [0.29, 0.717) is 25.7 Å². The molecule has 144 valence electrons. The second-order valence-electron chi connectivity index (χ2n) is 7.05. The van der Waals surface area contributed by atoms with Crippen LogP contribution in [-0.2, 0) is 11.2 Å². The van der Waals surface area contributed by atoms with Crippen LogP contribution in [0, 0.1) is 6.92 Å². The van der Waals surface area contributed by atoms with Crippen molar-refractivity contribution in [2.75, 3.05) is 19.8 Å². The highest BCUT2D eigenvalue weighted by Gasteiger charge is 2.26. The molecule has 3 aromatic heterocycles. The largest absolute Gasteiger partial charge is 0.382 e. The Morgan fingerprint density at radius 2 is 2.26 bits per heavy atom. The summed E-state index contributed by atoms with van der Waals surface area (Å²) >= 11 is 1.76. The molecular weight excluding hydrogens is 362 g/mol. The van der Waals surface area contributed by atoms with Gasteiger partial charge < -0.3 is 10.1 Å². The third-order valence-corrected chi connectivity index (χ3v) is 6.26. The Balaban J connectivity index is 1.69. The summed E-state index contributed by atoms with van der Waals surface area (Å²) in [5.74, 6) is 1.20. The van der Waals surface area contributed by atoms with Gasteiger partial charge in [-0.3, -0.25) is 4.79 Å². The Labute approximate surface area is 162 Å². The normalized spacial score (nSPS) is 16.8. The maximum absolute atomic E-state index is 12.5. The van der Waals surface area contributed by atoms with E-state index in [0.717, 1.165) is 34.5 Å². The number of fused-ring (bicyclic) bond motifs is 5. The van der Waals surface area contributed by atoms with E-state index >= 15 is 0 Å². The van der Waals surface area contributed by atoms with Gasteiger partial charge in [0.25, 0.3) is 5.91 Å². The number of amides is 1. The summed E-state index contributed by atoms with van der Waals surface area (Å²) in [6.07, 6.45) is 4.28. The van der Waals surface area contributed by atoms with E-state index in [4.69, 9.17) is 9.72 Å². The summed E-state index contributed by atoms with van der Waals surface area (Å²) in [6, 6.07) is 0. The minimum Gasteiger partial charge on any atom is -0.382 e. The van der Waals surface area contributed by atoms with Crippen LogP contribution in [-0.4, -0.2) is 45.2 Å². The third-order valence-electron chi connectivity index (χ3n) is 5.10. The van der Waals surface area contributed by atoms with Crippen molar-refractivity contribution in [2.45, 2.75) is 52.4 Å². The first-order valence-electron chi connectivity index (χ1n) is 9.64. The van der Waals surface area contributed by atoms with Crippen molar-refractivity contribution in [1.82, 2.24) is 24.9 Å². The number of nitrogens with one attached hydrogen (secondary N) is 1. The second kappa shape index (κ2) is 7.52. The third kappa shape index (κ3) is 3.32. The molecule has 27 heavy (non-hydrogen) atoms. The van der Waals surface area contributed by atoms with Crippen molar-refractivity contribution in [2.24, 2.45) is 0 Å². The van der Waals surface area contributed by atoms with Crippen molar-refractivity contribution >= 4 is 33.1 Å². The summed E-state index contributed by atoms with van der Waals surface area (Å²) in [4.78, 5) is 24.2. The summed E-state index contributed by atoms with van der Waals surface area (Å²) in [7, 11) is 0. The van der Waals surface area contributed by atoms with Gasteiger partial charge in [-0.2, -0.15) is 4.52 Å². The molecule has 0 saturated carbocycles. The molecule has 0 aromatic carbocycles. The molecule has 4 rings (SSSR count). The molecule has 0 aliphatic heterocycles. The average molecular weight is 388 g/mol. The van der Waals surface area contributed by atoms with Crippen molar-refractivity contribution < 1.29 is 9.53 Å². The Bertz CT molecular complexity index is 993. The zero-order valence-corrected chi connectivity index (χ0v) is 16.9. The summed E-state index contributed by atoms with van der Waals surface area (Å²) in [5, 5.41) is 8.39. The van der Waals surface area contributed by atoms with Crippen molar-refractivity contribution in [1.29, 1.82) is 0 Å². The van der Waals surface area contributed by atoms with Gasteiger partial charge in [0.15, 0.2) is 5.65 Å². The maximum atomic E-state index is 12.5. The summed E-state index contributed by atoms with van der Waals surface area (Å²) in [5.41, 5.74) is 2.11. The van der Waals surface area contributed by atoms with Crippen molar-refractivity contribution in [3.05, 3.63) is 22.1 Å². The SMILES string of the molecule is CCOCCCNC(=O)c1nc2c3c4c(sc3nc(C)n2n1)CCC[C@@H]4C. The summed E-state index contributed by atoms with van der Waals surface area (Å²) < 4.78 is 7.01. The average Bonchev–Trinajstić information content (AvgIpc) is 3.23. The number of hydrogen-bond acceptors (Lipinski definition) is 6. The predicted octanol–water partition coefficient (Wildman–Crippen LogP) is 3.24. The lowest BCUT2D eigenvalue weighted by Crippen LogP contribution is -2.26. The van der Waals surface area contributed by atoms with Gasteiger partial charge in [-0.15, -0.1) is 16.4 Å². The number of hydrogen-bond donors (Lipinski definition) is 1. The number of rotatable bonds is 6. The lowest BCUT2D eigenvalue weighted by Gasteiger charge is -2.18. The fraction of sp³-hybridized carbons (Fsp3) is 0.579. The highest BCUT2D eigenvalue weighted by atomic mass is 32.1. The van der Waals surface area contributed by atoms with E-state index in [1.54, 1.807) is 15.9 Å². The second-order valence-corrected chi connectivity index (χ2v) is 8.13. The molecule has 0 fully saturated rings. The lowest BCUT2D eigenvalue weighted by atomic mass is 9.87. The molecule has 0 bridgehead atoms. The van der Waals surface area contributed by atoms with Crippen LogP contribution in [0.3, 0.4) is 0 Å². The number of ether oxygens (including phenoxy) is 1. The first kappa shape index (κ1) is 18.3. The zero-order chi connectivity index (χ0) is 19.0. The van der Waals surface area contributed by atoms with Gasteiger partial charge in [0.2, 0.25) is 5.82 Å². The molecule has 1 N–H and O–H groups in total. The van der Waals surface area contributed by atoms with Crippen LogP contribution in [0.5, 0.6) is 0 Å². The molecule has 7 nitrogen and oxygen atoms in total. The summed E-state index contributed by atoms with van der Waals surface area (Å²) in [6.45, 7) is 8.01. The Hall–Kier alpha value is -2.06. The molecule has 1 amide bonds. The van der Waals surface area contributed by atoms with E-state index in [1.165, 1.54) is 23.3 Å². The molecular formula is C19H25N5O2S. The van der Waals surface area contributed by atoms with Gasteiger partial charge in [0.05, 0.1) is 5.39 Å². The first-order valence-corrected chi connectivity index (χ1v) is 10.5. The van der Waals surface area contributed by atoms with Crippen molar-refractivity contribution in [3.8, 4) is 0 Å². The molecule has 0 saturated heterocycles. The smallest absolute Gasteiger partial charge is 0.290 e. The molecule has 0 radical (unpaired) electrons. The van der Waals surface area contributed by atoms with Gasteiger partial charge in [-0.05, 0) is 51.0 Å². The quantitative estimate of drug-likeness (QED) is 0.657. The van der Waals surface area contributed by atoms with Crippen LogP contribution in [0.2, 0.25) is 0 Å². The zero-order valence-electron chi connectivity index (χ0n) is 16.0. The van der Waals surface area contributed by atoms with Gasteiger partial charge in [0, 0.05) is 24.6 Å². The fourth-order valence-electron chi connectivity index (χ4n) is 3.78. The van der Waals surface area contributed by atoms with Crippen LogP contribution in [0.25, 0.3) is 15.9 Å². The number of nitrogens with zero attached hydrogens (tertiary/aromatic N) is 4. The highest BCUT2D eigenvalue weighted by molar-refractivity contribution is 7.19. The van der Waals surface area contributed by atoms with Crippen LogP contribution in [0.1, 0.15) is 65.9 Å². The molecule has 8 heteroatoms. The van der Waals surface area contributed by atoms with Gasteiger partial charge >= 0.3 is 0 Å². The van der Waals surface area contributed by atoms with Gasteiger partial charge in [-0.25, -0.2) is 9.97 Å². The molecule has 1 aliphatic rings. The van der Waals surface area contributed by atoms with Gasteiger partial charge in [-0.1, -0.05) is 6.92 Å². The molecule has 3 heterocycles. The Kier molecular flexibility index (Phi) is 5.10. The van der Waals surface area contributed by atoms with E-state index in [1.807, 2.05) is 13.8 Å². The molecule has 0 unspecified atom stereocenters. The van der Waals surface area contributed by atoms with E-state index in [2.05, 4.69) is 22.3 Å².